The fourth-order valence-electron chi connectivity index (χ4n) is 2.48. The first kappa shape index (κ1) is 13.1. The highest BCUT2D eigenvalue weighted by Crippen LogP contribution is 2.23. The fourth-order valence-corrected chi connectivity index (χ4v) is 2.69. The van der Waals surface area contributed by atoms with Gasteiger partial charge in [-0.05, 0) is 24.6 Å². The van der Waals surface area contributed by atoms with Gasteiger partial charge in [0, 0.05) is 5.56 Å². The van der Waals surface area contributed by atoms with Crippen LogP contribution in [0.3, 0.4) is 0 Å². The number of nitrogens with zero attached hydrogens (tertiary/aromatic N) is 2. The lowest BCUT2D eigenvalue weighted by atomic mass is 10.2. The predicted octanol–water partition coefficient (Wildman–Crippen LogP) is 4.27. The number of benzene rings is 2. The van der Waals surface area contributed by atoms with Gasteiger partial charge in [-0.3, -0.25) is 0 Å². The molecule has 3 aromatic rings. The van der Waals surface area contributed by atoms with E-state index < -0.39 is 0 Å². The summed E-state index contributed by atoms with van der Waals surface area (Å²) in [4.78, 5) is 4.53. The number of aryl methyl sites for hydroxylation is 1. The van der Waals surface area contributed by atoms with Crippen molar-refractivity contribution < 1.29 is 4.39 Å². The Morgan fingerprint density at radius 2 is 1.95 bits per heavy atom. The van der Waals surface area contributed by atoms with Crippen LogP contribution in [0.1, 0.15) is 17.0 Å². The van der Waals surface area contributed by atoms with E-state index in [9.17, 15) is 4.39 Å². The van der Waals surface area contributed by atoms with Crippen molar-refractivity contribution in [3.8, 4) is 0 Å². The van der Waals surface area contributed by atoms with Crippen LogP contribution in [-0.4, -0.2) is 9.55 Å². The Hall–Kier alpha value is -1.87. The molecule has 0 aliphatic heterocycles. The van der Waals surface area contributed by atoms with Crippen molar-refractivity contribution in [1.29, 1.82) is 0 Å². The second kappa shape index (κ2) is 5.25. The molecule has 0 bridgehead atoms. The Bertz CT molecular complexity index is 764. The first-order chi connectivity index (χ1) is 9.70. The molecule has 20 heavy (non-hydrogen) atoms. The van der Waals surface area contributed by atoms with Gasteiger partial charge in [0.25, 0.3) is 0 Å². The number of imidazole rings is 1. The van der Waals surface area contributed by atoms with Crippen molar-refractivity contribution >= 4 is 22.6 Å². The summed E-state index contributed by atoms with van der Waals surface area (Å²) in [5.41, 5.74) is 3.67. The Balaban J connectivity index is 2.17. The average molecular weight is 289 g/mol. The standard InChI is InChI=1S/C16H14ClFN2/c1-11-5-4-8-14-16(11)20(15(9-17)19-14)10-12-6-2-3-7-13(12)18/h2-8H,9-10H2,1H3. The summed E-state index contributed by atoms with van der Waals surface area (Å²) in [5.74, 6) is 0.866. The van der Waals surface area contributed by atoms with Crippen molar-refractivity contribution in [1.82, 2.24) is 9.55 Å². The van der Waals surface area contributed by atoms with Crippen LogP contribution in [-0.2, 0) is 12.4 Å². The molecule has 2 aromatic carbocycles. The maximum Gasteiger partial charge on any atom is 0.128 e. The number of alkyl halides is 1. The summed E-state index contributed by atoms with van der Waals surface area (Å²) in [6, 6.07) is 12.7. The van der Waals surface area contributed by atoms with Crippen LogP contribution in [0.2, 0.25) is 0 Å². The largest absolute Gasteiger partial charge is 0.322 e. The van der Waals surface area contributed by atoms with Gasteiger partial charge in [0.1, 0.15) is 11.6 Å². The van der Waals surface area contributed by atoms with Crippen molar-refractivity contribution in [2.24, 2.45) is 0 Å². The van der Waals surface area contributed by atoms with Crippen molar-refractivity contribution in [3.05, 3.63) is 65.2 Å². The van der Waals surface area contributed by atoms with Gasteiger partial charge in [-0.15, -0.1) is 11.6 Å². The van der Waals surface area contributed by atoms with Gasteiger partial charge in [0.15, 0.2) is 0 Å². The summed E-state index contributed by atoms with van der Waals surface area (Å²) >= 11 is 5.98. The van der Waals surface area contributed by atoms with Crippen molar-refractivity contribution in [2.75, 3.05) is 0 Å². The lowest BCUT2D eigenvalue weighted by molar-refractivity contribution is 0.599. The summed E-state index contributed by atoms with van der Waals surface area (Å²) in [5, 5.41) is 0. The highest BCUT2D eigenvalue weighted by Gasteiger charge is 2.13. The van der Waals surface area contributed by atoms with E-state index in [-0.39, 0.29) is 5.82 Å². The number of halogens is 2. The minimum Gasteiger partial charge on any atom is -0.322 e. The van der Waals surface area contributed by atoms with E-state index in [2.05, 4.69) is 4.98 Å². The average Bonchev–Trinajstić information content (AvgIpc) is 2.81. The Morgan fingerprint density at radius 1 is 1.15 bits per heavy atom. The lowest BCUT2D eigenvalue weighted by Gasteiger charge is -2.10. The lowest BCUT2D eigenvalue weighted by Crippen LogP contribution is -2.06. The third-order valence-electron chi connectivity index (χ3n) is 3.45. The Morgan fingerprint density at radius 3 is 2.70 bits per heavy atom. The molecule has 0 spiro atoms. The van der Waals surface area contributed by atoms with Crippen LogP contribution >= 0.6 is 11.6 Å². The van der Waals surface area contributed by atoms with E-state index in [0.717, 1.165) is 22.4 Å². The fraction of sp³-hybridized carbons (Fsp3) is 0.188. The first-order valence-electron chi connectivity index (χ1n) is 6.45. The van der Waals surface area contributed by atoms with Gasteiger partial charge in [-0.1, -0.05) is 30.3 Å². The first-order valence-corrected chi connectivity index (χ1v) is 6.98. The number of fused-ring (bicyclic) bond motifs is 1. The molecule has 0 aliphatic rings. The Labute approximate surface area is 121 Å². The monoisotopic (exact) mass is 288 g/mol. The summed E-state index contributed by atoms with van der Waals surface area (Å²) < 4.78 is 15.8. The van der Waals surface area contributed by atoms with Crippen molar-refractivity contribution in [2.45, 2.75) is 19.3 Å². The topological polar surface area (TPSA) is 17.8 Å². The molecule has 3 rings (SSSR count). The molecule has 102 valence electrons. The van der Waals surface area contributed by atoms with Gasteiger partial charge in [0.2, 0.25) is 0 Å². The number of hydrogen-bond donors (Lipinski definition) is 0. The molecule has 0 atom stereocenters. The number of aromatic nitrogens is 2. The number of hydrogen-bond acceptors (Lipinski definition) is 1. The van der Waals surface area contributed by atoms with Crippen LogP contribution < -0.4 is 0 Å². The molecular formula is C16H14ClFN2. The highest BCUT2D eigenvalue weighted by atomic mass is 35.5. The molecule has 1 aromatic heterocycles. The second-order valence-corrected chi connectivity index (χ2v) is 5.05. The zero-order valence-electron chi connectivity index (χ0n) is 11.1. The van der Waals surface area contributed by atoms with E-state index in [1.165, 1.54) is 6.07 Å². The summed E-state index contributed by atoms with van der Waals surface area (Å²) in [7, 11) is 0. The number of rotatable bonds is 3. The molecule has 2 nitrogen and oxygen atoms in total. The van der Waals surface area contributed by atoms with E-state index in [1.807, 2.05) is 35.8 Å². The maximum atomic E-state index is 13.9. The minimum absolute atomic E-state index is 0.205. The van der Waals surface area contributed by atoms with Gasteiger partial charge < -0.3 is 4.57 Å². The SMILES string of the molecule is Cc1cccc2nc(CCl)n(Cc3ccccc3F)c12. The van der Waals surface area contributed by atoms with Gasteiger partial charge in [-0.2, -0.15) is 0 Å². The molecule has 0 saturated heterocycles. The quantitative estimate of drug-likeness (QED) is 0.658. The molecule has 0 unspecified atom stereocenters. The van der Waals surface area contributed by atoms with Crippen LogP contribution in [0.4, 0.5) is 4.39 Å². The van der Waals surface area contributed by atoms with E-state index in [0.29, 0.717) is 18.0 Å². The van der Waals surface area contributed by atoms with Gasteiger partial charge >= 0.3 is 0 Å². The van der Waals surface area contributed by atoms with Crippen LogP contribution in [0.5, 0.6) is 0 Å². The van der Waals surface area contributed by atoms with E-state index in [4.69, 9.17) is 11.6 Å². The second-order valence-electron chi connectivity index (χ2n) is 4.78. The van der Waals surface area contributed by atoms with Crippen LogP contribution in [0, 0.1) is 12.7 Å². The molecule has 0 fully saturated rings. The number of para-hydroxylation sites is 1. The molecule has 4 heteroatoms. The minimum atomic E-state index is -0.205. The highest BCUT2D eigenvalue weighted by molar-refractivity contribution is 6.16. The smallest absolute Gasteiger partial charge is 0.128 e. The molecular weight excluding hydrogens is 275 g/mol. The molecule has 0 saturated carbocycles. The van der Waals surface area contributed by atoms with Crippen LogP contribution in [0.25, 0.3) is 11.0 Å². The predicted molar refractivity (Wildman–Crippen MR) is 79.5 cm³/mol. The molecule has 0 amide bonds. The third kappa shape index (κ3) is 2.18. The molecule has 1 heterocycles. The summed E-state index contributed by atoms with van der Waals surface area (Å²) in [6.45, 7) is 2.47. The van der Waals surface area contributed by atoms with Crippen LogP contribution in [0.15, 0.2) is 42.5 Å². The summed E-state index contributed by atoms with van der Waals surface area (Å²) in [6.07, 6.45) is 0. The normalized spacial score (nSPS) is 11.2. The zero-order chi connectivity index (χ0) is 14.1. The molecule has 0 N–H and O–H groups in total. The zero-order valence-corrected chi connectivity index (χ0v) is 11.9. The van der Waals surface area contributed by atoms with E-state index >= 15 is 0 Å². The Kier molecular flexibility index (Phi) is 3.45. The van der Waals surface area contributed by atoms with Gasteiger partial charge in [0.05, 0.1) is 23.5 Å². The molecule has 0 radical (unpaired) electrons. The molecule has 0 aliphatic carbocycles. The van der Waals surface area contributed by atoms with Crippen molar-refractivity contribution in [3.63, 3.8) is 0 Å². The third-order valence-corrected chi connectivity index (χ3v) is 3.69. The van der Waals surface area contributed by atoms with Gasteiger partial charge in [-0.25, -0.2) is 9.37 Å². The van der Waals surface area contributed by atoms with E-state index in [1.54, 1.807) is 12.1 Å². The maximum absolute atomic E-state index is 13.9.